The maximum Gasteiger partial charge on any atom is 0.356 e. The summed E-state index contributed by atoms with van der Waals surface area (Å²) in [6.07, 6.45) is 0.0565. The van der Waals surface area contributed by atoms with Crippen LogP contribution >= 0.6 is 0 Å². The van der Waals surface area contributed by atoms with Crippen LogP contribution in [0.15, 0.2) is 12.7 Å². The van der Waals surface area contributed by atoms with Crippen molar-refractivity contribution in [1.29, 1.82) is 0 Å². The molecule has 2 N–H and O–H groups in total. The maximum atomic E-state index is 11.1. The number of hydrogen-bond acceptors (Lipinski definition) is 4. The van der Waals surface area contributed by atoms with E-state index in [9.17, 15) is 9.59 Å². The smallest absolute Gasteiger partial charge is 0.356 e. The quantitative estimate of drug-likeness (QED) is 0.377. The average Bonchev–Trinajstić information content (AvgIpc) is 2.16. The Morgan fingerprint density at radius 2 is 2.13 bits per heavy atom. The van der Waals surface area contributed by atoms with Crippen molar-refractivity contribution in [3.05, 3.63) is 12.7 Å². The second-order valence-corrected chi connectivity index (χ2v) is 3.47. The first kappa shape index (κ1) is 13.6. The van der Waals surface area contributed by atoms with E-state index >= 15 is 0 Å². The topological polar surface area (TPSA) is 75.6 Å². The molecule has 5 nitrogen and oxygen atoms in total. The van der Waals surface area contributed by atoms with E-state index in [1.165, 1.54) is 0 Å². The van der Waals surface area contributed by atoms with Crippen LogP contribution in [0.4, 0.5) is 0 Å². The van der Waals surface area contributed by atoms with Crippen LogP contribution in [0.3, 0.4) is 0 Å². The fourth-order valence-electron chi connectivity index (χ4n) is 0.727. The van der Waals surface area contributed by atoms with Crippen molar-refractivity contribution in [1.82, 2.24) is 5.32 Å². The highest BCUT2D eigenvalue weighted by molar-refractivity contribution is 5.90. The normalized spacial score (nSPS) is 12.0. The van der Waals surface area contributed by atoms with Crippen molar-refractivity contribution in [2.45, 2.75) is 26.5 Å². The lowest BCUT2D eigenvalue weighted by Crippen LogP contribution is -2.40. The zero-order valence-corrected chi connectivity index (χ0v) is 9.03. The third kappa shape index (κ3) is 6.68. The standard InChI is InChI=1S/C10H17NO4/c1-4-8(12)11-9(13)10(14)15-6-5-7(2)3/h4,7,9,13H,1,5-6H2,2-3H3,(H,11,12). The van der Waals surface area contributed by atoms with Crippen LogP contribution in [0, 0.1) is 5.92 Å². The molecule has 15 heavy (non-hydrogen) atoms. The van der Waals surface area contributed by atoms with Gasteiger partial charge >= 0.3 is 5.97 Å². The highest BCUT2D eigenvalue weighted by Gasteiger charge is 2.17. The summed E-state index contributed by atoms with van der Waals surface area (Å²) in [5, 5.41) is 11.1. The highest BCUT2D eigenvalue weighted by Crippen LogP contribution is 1.99. The van der Waals surface area contributed by atoms with Crippen molar-refractivity contribution in [2.75, 3.05) is 6.61 Å². The minimum atomic E-state index is -1.62. The van der Waals surface area contributed by atoms with Crippen molar-refractivity contribution < 1.29 is 19.4 Å². The number of hydrogen-bond donors (Lipinski definition) is 2. The van der Waals surface area contributed by atoms with E-state index in [0.29, 0.717) is 12.3 Å². The minimum absolute atomic E-state index is 0.234. The summed E-state index contributed by atoms with van der Waals surface area (Å²) in [5.74, 6) is -1.06. The number of rotatable bonds is 6. The monoisotopic (exact) mass is 215 g/mol. The Labute approximate surface area is 89.1 Å². The number of amides is 1. The van der Waals surface area contributed by atoms with E-state index in [4.69, 9.17) is 9.84 Å². The van der Waals surface area contributed by atoms with Crippen molar-refractivity contribution in [3.8, 4) is 0 Å². The Bertz CT molecular complexity index is 238. The molecule has 1 atom stereocenters. The van der Waals surface area contributed by atoms with Gasteiger partial charge in [0.2, 0.25) is 12.1 Å². The van der Waals surface area contributed by atoms with Crippen LogP contribution in [-0.4, -0.2) is 29.8 Å². The molecule has 0 aromatic heterocycles. The Balaban J connectivity index is 3.79. The molecule has 0 rings (SSSR count). The maximum absolute atomic E-state index is 11.1. The molecule has 0 aliphatic heterocycles. The lowest BCUT2D eigenvalue weighted by molar-refractivity contribution is -0.157. The molecule has 5 heteroatoms. The van der Waals surface area contributed by atoms with Crippen LogP contribution in [0.1, 0.15) is 20.3 Å². The fraction of sp³-hybridized carbons (Fsp3) is 0.600. The molecule has 0 fully saturated rings. The molecule has 0 aliphatic rings. The SMILES string of the molecule is C=CC(=O)NC(O)C(=O)OCCC(C)C. The summed E-state index contributed by atoms with van der Waals surface area (Å²) < 4.78 is 4.72. The lowest BCUT2D eigenvalue weighted by atomic mass is 10.1. The van der Waals surface area contributed by atoms with Gasteiger partial charge in [-0.05, 0) is 18.4 Å². The van der Waals surface area contributed by atoms with Crippen LogP contribution in [0.5, 0.6) is 0 Å². The molecule has 0 aromatic rings. The predicted molar refractivity (Wildman–Crippen MR) is 54.8 cm³/mol. The van der Waals surface area contributed by atoms with Gasteiger partial charge in [0.25, 0.3) is 0 Å². The van der Waals surface area contributed by atoms with E-state index in [1.807, 2.05) is 19.2 Å². The van der Waals surface area contributed by atoms with Crippen molar-refractivity contribution >= 4 is 11.9 Å². The Hall–Kier alpha value is -1.36. The van der Waals surface area contributed by atoms with E-state index in [2.05, 4.69) is 6.58 Å². The van der Waals surface area contributed by atoms with E-state index in [0.717, 1.165) is 6.08 Å². The molecule has 0 heterocycles. The number of esters is 1. The fourth-order valence-corrected chi connectivity index (χ4v) is 0.727. The molecule has 1 unspecified atom stereocenters. The molecule has 0 saturated carbocycles. The van der Waals surface area contributed by atoms with E-state index < -0.39 is 18.1 Å². The molecule has 0 aromatic carbocycles. The summed E-state index contributed by atoms with van der Waals surface area (Å²) >= 11 is 0. The Kier molecular flexibility index (Phi) is 6.37. The van der Waals surface area contributed by atoms with Crippen LogP contribution in [0.2, 0.25) is 0 Å². The van der Waals surface area contributed by atoms with Crippen LogP contribution < -0.4 is 5.32 Å². The number of ether oxygens (including phenoxy) is 1. The van der Waals surface area contributed by atoms with Gasteiger partial charge in [-0.1, -0.05) is 20.4 Å². The number of nitrogens with one attached hydrogen (secondary N) is 1. The number of aliphatic hydroxyl groups is 1. The molecular weight excluding hydrogens is 198 g/mol. The predicted octanol–water partition coefficient (Wildman–Crippen LogP) is 0.196. The van der Waals surface area contributed by atoms with Gasteiger partial charge in [-0.15, -0.1) is 0 Å². The molecule has 0 bridgehead atoms. The van der Waals surface area contributed by atoms with Gasteiger partial charge in [-0.3, -0.25) is 4.79 Å². The zero-order chi connectivity index (χ0) is 11.8. The first-order valence-electron chi connectivity index (χ1n) is 4.75. The molecular formula is C10H17NO4. The van der Waals surface area contributed by atoms with Crippen molar-refractivity contribution in [2.24, 2.45) is 5.92 Å². The molecule has 0 saturated heterocycles. The minimum Gasteiger partial charge on any atom is -0.462 e. The highest BCUT2D eigenvalue weighted by atomic mass is 16.5. The summed E-state index contributed by atoms with van der Waals surface area (Å²) in [6, 6.07) is 0. The summed E-state index contributed by atoms with van der Waals surface area (Å²) in [4.78, 5) is 21.8. The number of carbonyl (C=O) groups excluding carboxylic acids is 2. The van der Waals surface area contributed by atoms with Gasteiger partial charge in [0, 0.05) is 0 Å². The Morgan fingerprint density at radius 3 is 2.60 bits per heavy atom. The summed E-state index contributed by atoms with van der Waals surface area (Å²) in [5.41, 5.74) is 0. The average molecular weight is 215 g/mol. The van der Waals surface area contributed by atoms with Crippen LogP contribution in [0.25, 0.3) is 0 Å². The summed E-state index contributed by atoms with van der Waals surface area (Å²) in [6.45, 7) is 7.40. The van der Waals surface area contributed by atoms with E-state index in [-0.39, 0.29) is 6.61 Å². The third-order valence-corrected chi connectivity index (χ3v) is 1.63. The number of carbonyl (C=O) groups is 2. The first-order chi connectivity index (χ1) is 6.97. The lowest BCUT2D eigenvalue weighted by Gasteiger charge is -2.11. The van der Waals surface area contributed by atoms with Crippen molar-refractivity contribution in [3.63, 3.8) is 0 Å². The molecule has 1 amide bonds. The molecule has 0 spiro atoms. The van der Waals surface area contributed by atoms with Crippen LogP contribution in [-0.2, 0) is 14.3 Å². The van der Waals surface area contributed by atoms with Gasteiger partial charge in [0.05, 0.1) is 6.61 Å². The second-order valence-electron chi connectivity index (χ2n) is 3.47. The van der Waals surface area contributed by atoms with Gasteiger partial charge in [0.15, 0.2) is 0 Å². The molecule has 86 valence electrons. The first-order valence-corrected chi connectivity index (χ1v) is 4.75. The molecule has 0 aliphatic carbocycles. The van der Waals surface area contributed by atoms with Gasteiger partial charge < -0.3 is 15.2 Å². The van der Waals surface area contributed by atoms with E-state index in [1.54, 1.807) is 0 Å². The second kappa shape index (κ2) is 7.00. The Morgan fingerprint density at radius 1 is 1.53 bits per heavy atom. The zero-order valence-electron chi connectivity index (χ0n) is 9.03. The van der Waals surface area contributed by atoms with Gasteiger partial charge in [-0.2, -0.15) is 0 Å². The molecule has 0 radical (unpaired) electrons. The third-order valence-electron chi connectivity index (χ3n) is 1.63. The largest absolute Gasteiger partial charge is 0.462 e. The number of aliphatic hydroxyl groups excluding tert-OH is 1. The van der Waals surface area contributed by atoms with Gasteiger partial charge in [-0.25, -0.2) is 4.79 Å². The van der Waals surface area contributed by atoms with Gasteiger partial charge in [0.1, 0.15) is 0 Å². The summed E-state index contributed by atoms with van der Waals surface area (Å²) in [7, 11) is 0.